The van der Waals surface area contributed by atoms with Crippen molar-refractivity contribution in [1.29, 1.82) is 0 Å². The molecule has 0 saturated heterocycles. The SMILES string of the molecule is O=C=CCCc1cccc2ccccc12. The number of hydrogen-bond acceptors (Lipinski definition) is 1. The van der Waals surface area contributed by atoms with Gasteiger partial charge < -0.3 is 0 Å². The summed E-state index contributed by atoms with van der Waals surface area (Å²) in [6.07, 6.45) is 3.20. The fourth-order valence-electron chi connectivity index (χ4n) is 1.80. The van der Waals surface area contributed by atoms with Crippen LogP contribution >= 0.6 is 0 Å². The Labute approximate surface area is 89.0 Å². The number of allylic oxidation sites excluding steroid dienone is 1. The van der Waals surface area contributed by atoms with E-state index in [1.54, 1.807) is 6.08 Å². The summed E-state index contributed by atoms with van der Waals surface area (Å²) in [5.41, 5.74) is 1.29. The van der Waals surface area contributed by atoms with Gasteiger partial charge in [-0.25, -0.2) is 4.79 Å². The van der Waals surface area contributed by atoms with E-state index >= 15 is 0 Å². The van der Waals surface area contributed by atoms with Crippen molar-refractivity contribution < 1.29 is 4.79 Å². The Morgan fingerprint density at radius 3 is 2.73 bits per heavy atom. The van der Waals surface area contributed by atoms with Crippen LogP contribution in [0.1, 0.15) is 12.0 Å². The van der Waals surface area contributed by atoms with Crippen molar-refractivity contribution in [3.05, 3.63) is 54.1 Å². The molecule has 0 saturated carbocycles. The highest BCUT2D eigenvalue weighted by Gasteiger charge is 1.98. The zero-order valence-electron chi connectivity index (χ0n) is 8.44. The van der Waals surface area contributed by atoms with Crippen LogP contribution in [0.4, 0.5) is 0 Å². The Balaban J connectivity index is 2.37. The number of fused-ring (bicyclic) bond motifs is 1. The lowest BCUT2D eigenvalue weighted by Gasteiger charge is -2.04. The van der Waals surface area contributed by atoms with Crippen LogP contribution in [0, 0.1) is 0 Å². The lowest BCUT2D eigenvalue weighted by Crippen LogP contribution is -1.85. The van der Waals surface area contributed by atoms with Gasteiger partial charge in [-0.15, -0.1) is 0 Å². The van der Waals surface area contributed by atoms with Gasteiger partial charge in [0.2, 0.25) is 0 Å². The number of benzene rings is 2. The lowest BCUT2D eigenvalue weighted by molar-refractivity contribution is 0.568. The molecule has 0 bridgehead atoms. The van der Waals surface area contributed by atoms with E-state index in [0.29, 0.717) is 0 Å². The molecule has 0 radical (unpaired) electrons. The molecule has 1 heteroatoms. The Hall–Kier alpha value is -1.85. The van der Waals surface area contributed by atoms with E-state index in [2.05, 4.69) is 30.3 Å². The molecule has 0 N–H and O–H groups in total. The maximum absolute atomic E-state index is 10.1. The third-order valence-corrected chi connectivity index (χ3v) is 2.52. The van der Waals surface area contributed by atoms with Gasteiger partial charge in [0.15, 0.2) is 0 Å². The number of hydrogen-bond donors (Lipinski definition) is 0. The van der Waals surface area contributed by atoms with E-state index < -0.39 is 0 Å². The Kier molecular flexibility index (Phi) is 2.96. The molecule has 0 spiro atoms. The summed E-state index contributed by atoms with van der Waals surface area (Å²) in [6, 6.07) is 14.6. The van der Waals surface area contributed by atoms with Gasteiger partial charge in [-0.1, -0.05) is 42.5 Å². The smallest absolute Gasteiger partial charge is 0.120 e. The molecular formula is C14H12O. The van der Waals surface area contributed by atoms with Crippen LogP contribution in [0.3, 0.4) is 0 Å². The van der Waals surface area contributed by atoms with E-state index in [0.717, 1.165) is 12.8 Å². The highest BCUT2D eigenvalue weighted by Crippen LogP contribution is 2.19. The monoisotopic (exact) mass is 196 g/mol. The lowest BCUT2D eigenvalue weighted by atomic mass is 10.0. The Morgan fingerprint density at radius 2 is 1.87 bits per heavy atom. The van der Waals surface area contributed by atoms with Crippen LogP contribution in [0.15, 0.2) is 48.5 Å². The van der Waals surface area contributed by atoms with Crippen LogP contribution < -0.4 is 0 Å². The average Bonchev–Trinajstić information content (AvgIpc) is 2.30. The maximum atomic E-state index is 10.1. The fourth-order valence-corrected chi connectivity index (χ4v) is 1.80. The van der Waals surface area contributed by atoms with Crippen LogP contribution in [0.2, 0.25) is 0 Å². The fraction of sp³-hybridized carbons (Fsp3) is 0.143. The van der Waals surface area contributed by atoms with Crippen LogP contribution in [0.5, 0.6) is 0 Å². The molecule has 1 nitrogen and oxygen atoms in total. The van der Waals surface area contributed by atoms with Gasteiger partial charge in [0.1, 0.15) is 5.94 Å². The maximum Gasteiger partial charge on any atom is 0.120 e. The average molecular weight is 196 g/mol. The van der Waals surface area contributed by atoms with Gasteiger partial charge >= 0.3 is 0 Å². The summed E-state index contributed by atoms with van der Waals surface area (Å²) in [6.45, 7) is 0. The van der Waals surface area contributed by atoms with E-state index in [1.807, 2.05) is 18.1 Å². The molecule has 0 heterocycles. The highest BCUT2D eigenvalue weighted by molar-refractivity contribution is 5.85. The molecule has 0 aromatic heterocycles. The van der Waals surface area contributed by atoms with Crippen molar-refractivity contribution >= 4 is 16.7 Å². The first-order valence-electron chi connectivity index (χ1n) is 5.08. The molecule has 0 fully saturated rings. The number of aryl methyl sites for hydroxylation is 1. The molecule has 74 valence electrons. The molecule has 0 unspecified atom stereocenters. The first-order chi connectivity index (χ1) is 7.42. The number of carbonyl (C=O) groups excluding carboxylic acids is 1. The minimum Gasteiger partial charge on any atom is -0.234 e. The molecule has 0 aliphatic carbocycles. The van der Waals surface area contributed by atoms with Gasteiger partial charge in [-0.05, 0) is 29.2 Å². The highest BCUT2D eigenvalue weighted by atomic mass is 16.1. The molecule has 2 aromatic rings. The molecule has 15 heavy (non-hydrogen) atoms. The van der Waals surface area contributed by atoms with Gasteiger partial charge in [-0.2, -0.15) is 0 Å². The van der Waals surface area contributed by atoms with Crippen molar-refractivity contribution in [2.75, 3.05) is 0 Å². The predicted molar refractivity (Wildman–Crippen MR) is 62.5 cm³/mol. The van der Waals surface area contributed by atoms with Crippen molar-refractivity contribution in [2.24, 2.45) is 0 Å². The molecule has 0 atom stereocenters. The summed E-state index contributed by atoms with van der Waals surface area (Å²) in [5, 5.41) is 2.53. The normalized spacial score (nSPS) is 9.87. The van der Waals surface area contributed by atoms with Gasteiger partial charge in [-0.3, -0.25) is 0 Å². The third-order valence-electron chi connectivity index (χ3n) is 2.52. The standard InChI is InChI=1S/C14H12O/c15-11-4-3-7-13-9-5-8-12-6-1-2-10-14(12)13/h1-2,4-6,8-10H,3,7H2. The molecule has 0 amide bonds. The second-order valence-electron chi connectivity index (χ2n) is 3.50. The Morgan fingerprint density at radius 1 is 1.07 bits per heavy atom. The number of rotatable bonds is 3. The second-order valence-corrected chi connectivity index (χ2v) is 3.50. The molecule has 2 aromatic carbocycles. The van der Waals surface area contributed by atoms with Crippen molar-refractivity contribution in [1.82, 2.24) is 0 Å². The first-order valence-corrected chi connectivity index (χ1v) is 5.08. The Bertz CT molecular complexity index is 502. The van der Waals surface area contributed by atoms with Crippen molar-refractivity contribution in [2.45, 2.75) is 12.8 Å². The predicted octanol–water partition coefficient (Wildman–Crippen LogP) is 3.16. The minimum absolute atomic E-state index is 0.761. The summed E-state index contributed by atoms with van der Waals surface area (Å²) in [7, 11) is 0. The van der Waals surface area contributed by atoms with Crippen LogP contribution in [-0.2, 0) is 11.2 Å². The third kappa shape index (κ3) is 2.15. The van der Waals surface area contributed by atoms with Crippen LogP contribution in [0.25, 0.3) is 10.8 Å². The van der Waals surface area contributed by atoms with E-state index in [9.17, 15) is 4.79 Å². The van der Waals surface area contributed by atoms with Gasteiger partial charge in [0.25, 0.3) is 0 Å². The summed E-state index contributed by atoms with van der Waals surface area (Å²) in [4.78, 5) is 10.1. The first kappa shape index (κ1) is 9.70. The summed E-state index contributed by atoms with van der Waals surface area (Å²) in [5.74, 6) is 1.81. The van der Waals surface area contributed by atoms with Gasteiger partial charge in [0, 0.05) is 6.08 Å². The zero-order chi connectivity index (χ0) is 10.5. The molecular weight excluding hydrogens is 184 g/mol. The quantitative estimate of drug-likeness (QED) is 0.689. The largest absolute Gasteiger partial charge is 0.234 e. The van der Waals surface area contributed by atoms with Crippen LogP contribution in [-0.4, -0.2) is 5.94 Å². The van der Waals surface area contributed by atoms with E-state index in [-0.39, 0.29) is 0 Å². The summed E-state index contributed by atoms with van der Waals surface area (Å²) >= 11 is 0. The second kappa shape index (κ2) is 4.59. The summed E-state index contributed by atoms with van der Waals surface area (Å²) < 4.78 is 0. The molecule has 0 aliphatic heterocycles. The topological polar surface area (TPSA) is 17.1 Å². The molecule has 0 aliphatic rings. The van der Waals surface area contributed by atoms with Crippen molar-refractivity contribution in [3.8, 4) is 0 Å². The van der Waals surface area contributed by atoms with E-state index in [1.165, 1.54) is 16.3 Å². The molecule has 2 rings (SSSR count). The van der Waals surface area contributed by atoms with E-state index in [4.69, 9.17) is 0 Å². The van der Waals surface area contributed by atoms with Crippen molar-refractivity contribution in [3.63, 3.8) is 0 Å². The zero-order valence-corrected chi connectivity index (χ0v) is 8.44. The minimum atomic E-state index is 0.761. The van der Waals surface area contributed by atoms with Gasteiger partial charge in [0.05, 0.1) is 0 Å².